The molecule has 2 nitrogen and oxygen atoms in total. The second kappa shape index (κ2) is 3.88. The Labute approximate surface area is 68.2 Å². The summed E-state index contributed by atoms with van der Waals surface area (Å²) in [6.45, 7) is 4.51. The number of hydrogen-bond acceptors (Lipinski definition) is 2. The Morgan fingerprint density at radius 3 is 2.91 bits per heavy atom. The van der Waals surface area contributed by atoms with Gasteiger partial charge in [-0.3, -0.25) is 0 Å². The smallest absolute Gasteiger partial charge is 0.171 e. The predicted molar refractivity (Wildman–Crippen MR) is 44.4 cm³/mol. The third-order valence-corrected chi connectivity index (χ3v) is 2.14. The van der Waals surface area contributed by atoms with Gasteiger partial charge in [-0.15, -0.1) is 6.58 Å². The molecule has 0 aromatic carbocycles. The molecule has 1 atom stereocenters. The van der Waals surface area contributed by atoms with Crippen LogP contribution in [-0.4, -0.2) is 19.5 Å². The SMILES string of the molecule is C=CCC1(OC)CCCCO1. The van der Waals surface area contributed by atoms with Gasteiger partial charge in [-0.1, -0.05) is 6.08 Å². The highest BCUT2D eigenvalue weighted by atomic mass is 16.7. The summed E-state index contributed by atoms with van der Waals surface area (Å²) < 4.78 is 10.9. The molecule has 1 fully saturated rings. The fourth-order valence-electron chi connectivity index (χ4n) is 1.45. The normalized spacial score (nSPS) is 31.7. The van der Waals surface area contributed by atoms with Crippen LogP contribution in [0.15, 0.2) is 12.7 Å². The van der Waals surface area contributed by atoms with Crippen LogP contribution in [0.5, 0.6) is 0 Å². The van der Waals surface area contributed by atoms with Crippen molar-refractivity contribution in [1.29, 1.82) is 0 Å². The molecule has 64 valence electrons. The van der Waals surface area contributed by atoms with Crippen LogP contribution in [0.2, 0.25) is 0 Å². The van der Waals surface area contributed by atoms with E-state index in [1.54, 1.807) is 7.11 Å². The van der Waals surface area contributed by atoms with Crippen molar-refractivity contribution in [1.82, 2.24) is 0 Å². The van der Waals surface area contributed by atoms with E-state index < -0.39 is 0 Å². The van der Waals surface area contributed by atoms with Gasteiger partial charge in [0.05, 0.1) is 6.61 Å². The van der Waals surface area contributed by atoms with Crippen molar-refractivity contribution in [2.75, 3.05) is 13.7 Å². The Bertz CT molecular complexity index is 126. The van der Waals surface area contributed by atoms with Gasteiger partial charge >= 0.3 is 0 Å². The summed E-state index contributed by atoms with van der Waals surface area (Å²) in [6, 6.07) is 0. The monoisotopic (exact) mass is 156 g/mol. The molecule has 0 bridgehead atoms. The fraction of sp³-hybridized carbons (Fsp3) is 0.778. The maximum Gasteiger partial charge on any atom is 0.171 e. The lowest BCUT2D eigenvalue weighted by Crippen LogP contribution is -2.37. The van der Waals surface area contributed by atoms with Crippen LogP contribution in [0.4, 0.5) is 0 Å². The van der Waals surface area contributed by atoms with Crippen molar-refractivity contribution in [3.8, 4) is 0 Å². The summed E-state index contributed by atoms with van der Waals surface area (Å²) in [5.41, 5.74) is 0. The molecule has 2 heteroatoms. The molecule has 1 aliphatic heterocycles. The summed E-state index contributed by atoms with van der Waals surface area (Å²) in [7, 11) is 1.70. The van der Waals surface area contributed by atoms with E-state index in [2.05, 4.69) is 6.58 Å². The van der Waals surface area contributed by atoms with Crippen LogP contribution in [-0.2, 0) is 9.47 Å². The average Bonchev–Trinajstić information content (AvgIpc) is 2.07. The Morgan fingerprint density at radius 2 is 2.45 bits per heavy atom. The maximum atomic E-state index is 5.56. The van der Waals surface area contributed by atoms with Crippen molar-refractivity contribution < 1.29 is 9.47 Å². The molecular formula is C9H16O2. The number of methoxy groups -OCH3 is 1. The largest absolute Gasteiger partial charge is 0.353 e. The molecule has 0 radical (unpaired) electrons. The maximum absolute atomic E-state index is 5.56. The van der Waals surface area contributed by atoms with Gasteiger partial charge in [-0.2, -0.15) is 0 Å². The van der Waals surface area contributed by atoms with E-state index in [1.807, 2.05) is 6.08 Å². The summed E-state index contributed by atoms with van der Waals surface area (Å²) in [5, 5.41) is 0. The molecule has 1 saturated heterocycles. The van der Waals surface area contributed by atoms with Crippen LogP contribution in [0.25, 0.3) is 0 Å². The quantitative estimate of drug-likeness (QED) is 0.582. The lowest BCUT2D eigenvalue weighted by molar-refractivity contribution is -0.239. The minimum Gasteiger partial charge on any atom is -0.353 e. The first-order valence-electron chi connectivity index (χ1n) is 4.13. The molecule has 0 amide bonds. The van der Waals surface area contributed by atoms with Gasteiger partial charge < -0.3 is 9.47 Å². The van der Waals surface area contributed by atoms with Crippen LogP contribution in [0, 0.1) is 0 Å². The molecule has 0 aromatic rings. The lowest BCUT2D eigenvalue weighted by Gasteiger charge is -2.34. The zero-order valence-electron chi connectivity index (χ0n) is 7.14. The minimum atomic E-state index is -0.347. The van der Waals surface area contributed by atoms with Crippen molar-refractivity contribution >= 4 is 0 Å². The summed E-state index contributed by atoms with van der Waals surface area (Å²) >= 11 is 0. The van der Waals surface area contributed by atoms with Gasteiger partial charge in [0, 0.05) is 20.0 Å². The molecule has 0 aliphatic carbocycles. The van der Waals surface area contributed by atoms with E-state index in [1.165, 1.54) is 6.42 Å². The Hall–Kier alpha value is -0.340. The molecule has 1 rings (SSSR count). The average molecular weight is 156 g/mol. The highest BCUT2D eigenvalue weighted by Crippen LogP contribution is 2.28. The topological polar surface area (TPSA) is 18.5 Å². The van der Waals surface area contributed by atoms with Crippen LogP contribution < -0.4 is 0 Å². The Balaban J connectivity index is 2.49. The summed E-state index contributed by atoms with van der Waals surface area (Å²) in [6.07, 6.45) is 6.00. The first kappa shape index (κ1) is 8.75. The van der Waals surface area contributed by atoms with Crippen LogP contribution >= 0.6 is 0 Å². The standard InChI is InChI=1S/C9H16O2/c1-3-6-9(10-2)7-4-5-8-11-9/h3H,1,4-8H2,2H3. The third-order valence-electron chi connectivity index (χ3n) is 2.14. The van der Waals surface area contributed by atoms with Crippen LogP contribution in [0.3, 0.4) is 0 Å². The van der Waals surface area contributed by atoms with Gasteiger partial charge in [0.1, 0.15) is 0 Å². The van der Waals surface area contributed by atoms with E-state index >= 15 is 0 Å². The zero-order valence-corrected chi connectivity index (χ0v) is 7.14. The van der Waals surface area contributed by atoms with E-state index in [0.29, 0.717) is 0 Å². The highest BCUT2D eigenvalue weighted by Gasteiger charge is 2.31. The van der Waals surface area contributed by atoms with Crippen LogP contribution in [0.1, 0.15) is 25.7 Å². The first-order chi connectivity index (χ1) is 5.33. The van der Waals surface area contributed by atoms with Gasteiger partial charge in [-0.25, -0.2) is 0 Å². The molecule has 1 heterocycles. The molecule has 0 aromatic heterocycles. The van der Waals surface area contributed by atoms with Gasteiger partial charge in [0.25, 0.3) is 0 Å². The lowest BCUT2D eigenvalue weighted by atomic mass is 10.0. The summed E-state index contributed by atoms with van der Waals surface area (Å²) in [5.74, 6) is -0.347. The van der Waals surface area contributed by atoms with E-state index in [0.717, 1.165) is 25.9 Å². The molecule has 0 N–H and O–H groups in total. The van der Waals surface area contributed by atoms with Crippen molar-refractivity contribution in [3.05, 3.63) is 12.7 Å². The molecule has 1 unspecified atom stereocenters. The zero-order chi connectivity index (χ0) is 8.16. The third kappa shape index (κ3) is 2.04. The van der Waals surface area contributed by atoms with Crippen molar-refractivity contribution in [3.63, 3.8) is 0 Å². The predicted octanol–water partition coefficient (Wildman–Crippen LogP) is 2.11. The molecule has 0 spiro atoms. The van der Waals surface area contributed by atoms with Gasteiger partial charge in [0.2, 0.25) is 0 Å². The van der Waals surface area contributed by atoms with E-state index in [9.17, 15) is 0 Å². The summed E-state index contributed by atoms with van der Waals surface area (Å²) in [4.78, 5) is 0. The minimum absolute atomic E-state index is 0.347. The van der Waals surface area contributed by atoms with E-state index in [-0.39, 0.29) is 5.79 Å². The van der Waals surface area contributed by atoms with Crippen molar-refractivity contribution in [2.45, 2.75) is 31.5 Å². The van der Waals surface area contributed by atoms with Crippen molar-refractivity contribution in [2.24, 2.45) is 0 Å². The second-order valence-corrected chi connectivity index (χ2v) is 2.91. The van der Waals surface area contributed by atoms with Gasteiger partial charge in [0.15, 0.2) is 5.79 Å². The van der Waals surface area contributed by atoms with E-state index in [4.69, 9.17) is 9.47 Å². The highest BCUT2D eigenvalue weighted by molar-refractivity contribution is 4.82. The molecule has 0 saturated carbocycles. The molecule has 11 heavy (non-hydrogen) atoms. The number of hydrogen-bond donors (Lipinski definition) is 0. The number of ether oxygens (including phenoxy) is 2. The van der Waals surface area contributed by atoms with Gasteiger partial charge in [-0.05, 0) is 12.8 Å². The fourth-order valence-corrected chi connectivity index (χ4v) is 1.45. The first-order valence-corrected chi connectivity index (χ1v) is 4.13. The Morgan fingerprint density at radius 1 is 1.64 bits per heavy atom. The molecule has 1 aliphatic rings. The molecular weight excluding hydrogens is 140 g/mol. The number of rotatable bonds is 3. The second-order valence-electron chi connectivity index (χ2n) is 2.91. The Kier molecular flexibility index (Phi) is 3.09.